The van der Waals surface area contributed by atoms with Crippen molar-refractivity contribution in [2.24, 2.45) is 34.5 Å². The molecule has 0 aromatic heterocycles. The molecule has 34 heavy (non-hydrogen) atoms. The molecule has 4 aliphatic carbocycles. The summed E-state index contributed by atoms with van der Waals surface area (Å²) < 4.78 is 5.55. The lowest BCUT2D eigenvalue weighted by Gasteiger charge is -2.58. The summed E-state index contributed by atoms with van der Waals surface area (Å²) in [7, 11) is 0. The van der Waals surface area contributed by atoms with E-state index < -0.39 is 17.5 Å². The minimum absolute atomic E-state index is 0.00328. The summed E-state index contributed by atoms with van der Waals surface area (Å²) in [4.78, 5) is 24.6. The maximum absolute atomic E-state index is 13.1. The van der Waals surface area contributed by atoms with Gasteiger partial charge in [-0.2, -0.15) is 0 Å². The Labute approximate surface area is 204 Å². The molecule has 9 atom stereocenters. The van der Waals surface area contributed by atoms with Gasteiger partial charge in [-0.3, -0.25) is 9.59 Å². The Morgan fingerprint density at radius 3 is 2.59 bits per heavy atom. The third kappa shape index (κ3) is 4.18. The highest BCUT2D eigenvalue weighted by atomic mass is 16.5. The lowest BCUT2D eigenvalue weighted by atomic mass is 9.46. The van der Waals surface area contributed by atoms with Gasteiger partial charge in [0, 0.05) is 25.9 Å². The average Bonchev–Trinajstić information content (AvgIpc) is 3.14. The zero-order chi connectivity index (χ0) is 24.9. The van der Waals surface area contributed by atoms with E-state index in [-0.39, 0.29) is 41.8 Å². The van der Waals surface area contributed by atoms with Gasteiger partial charge in [-0.1, -0.05) is 25.5 Å². The molecule has 0 heterocycles. The minimum atomic E-state index is -1.56. The summed E-state index contributed by atoms with van der Waals surface area (Å²) >= 11 is 0. The summed E-state index contributed by atoms with van der Waals surface area (Å²) in [5.74, 6) is 0.713. The molecule has 6 nitrogen and oxygen atoms in total. The van der Waals surface area contributed by atoms with Crippen molar-refractivity contribution in [3.8, 4) is 0 Å². The molecular weight excluding hydrogens is 432 g/mol. The summed E-state index contributed by atoms with van der Waals surface area (Å²) in [5.41, 5.74) is -0.100. The second-order valence-corrected chi connectivity index (χ2v) is 12.3. The van der Waals surface area contributed by atoms with Gasteiger partial charge in [-0.05, 0) is 93.3 Å². The molecule has 3 N–H and O–H groups in total. The lowest BCUT2D eigenvalue weighted by molar-refractivity contribution is -0.160. The second kappa shape index (κ2) is 9.33. The summed E-state index contributed by atoms with van der Waals surface area (Å²) in [6.07, 6.45) is 9.41. The molecule has 0 aromatic rings. The Hall–Kier alpha value is -1.24. The van der Waals surface area contributed by atoms with E-state index in [1.807, 2.05) is 0 Å². The van der Waals surface area contributed by atoms with E-state index in [1.54, 1.807) is 6.92 Å². The van der Waals surface area contributed by atoms with Crippen molar-refractivity contribution in [3.05, 3.63) is 11.6 Å². The monoisotopic (exact) mass is 476 g/mol. The van der Waals surface area contributed by atoms with Gasteiger partial charge in [0.05, 0.1) is 0 Å². The Bertz CT molecular complexity index is 833. The van der Waals surface area contributed by atoms with E-state index in [1.165, 1.54) is 12.5 Å². The maximum atomic E-state index is 13.1. The maximum Gasteiger partial charge on any atom is 0.302 e. The normalized spacial score (nSPS) is 41.9. The standard InChI is InChI=1S/C28H44O6/c1-17(30)34-19-11-13-26(2)18(16-19)7-8-20-21-9-10-24(27(21,3)14-12-22(20)26)28(4,33)25(32)23(31)6-5-15-29/h7,19-24,29,31,33H,5-6,8-16H2,1-4H3/t19?,20-,21-,22-,23+,24-,26-,27-,28+/m0/s1. The van der Waals surface area contributed by atoms with Crippen LogP contribution in [0.15, 0.2) is 11.6 Å². The fraction of sp³-hybridized carbons (Fsp3) is 0.857. The van der Waals surface area contributed by atoms with Crippen molar-refractivity contribution in [2.75, 3.05) is 6.61 Å². The topological polar surface area (TPSA) is 104 Å². The Kier molecular flexibility index (Phi) is 7.09. The molecule has 192 valence electrons. The molecule has 3 fully saturated rings. The first kappa shape index (κ1) is 25.8. The van der Waals surface area contributed by atoms with E-state index in [9.17, 15) is 19.8 Å². The second-order valence-electron chi connectivity index (χ2n) is 12.3. The van der Waals surface area contributed by atoms with Crippen molar-refractivity contribution < 1.29 is 29.6 Å². The predicted octanol–water partition coefficient (Wildman–Crippen LogP) is 3.95. The van der Waals surface area contributed by atoms with Crippen LogP contribution in [0.25, 0.3) is 0 Å². The van der Waals surface area contributed by atoms with E-state index in [0.29, 0.717) is 24.2 Å². The number of esters is 1. The van der Waals surface area contributed by atoms with Gasteiger partial charge < -0.3 is 20.1 Å². The van der Waals surface area contributed by atoms with Crippen molar-refractivity contribution >= 4 is 11.8 Å². The van der Waals surface area contributed by atoms with Gasteiger partial charge in [0.15, 0.2) is 5.78 Å². The number of carbonyl (C=O) groups is 2. The number of carbonyl (C=O) groups excluding carboxylic acids is 2. The zero-order valence-electron chi connectivity index (χ0n) is 21.4. The van der Waals surface area contributed by atoms with Gasteiger partial charge in [-0.15, -0.1) is 0 Å². The number of hydrogen-bond donors (Lipinski definition) is 3. The first-order valence-corrected chi connectivity index (χ1v) is 13.4. The van der Waals surface area contributed by atoms with E-state index in [2.05, 4.69) is 19.9 Å². The van der Waals surface area contributed by atoms with Crippen LogP contribution in [-0.4, -0.2) is 51.5 Å². The molecular formula is C28H44O6. The van der Waals surface area contributed by atoms with Crippen LogP contribution >= 0.6 is 0 Å². The first-order chi connectivity index (χ1) is 15.9. The van der Waals surface area contributed by atoms with Gasteiger partial charge in [0.1, 0.15) is 17.8 Å². The summed E-state index contributed by atoms with van der Waals surface area (Å²) in [6.45, 7) is 7.70. The van der Waals surface area contributed by atoms with E-state index in [0.717, 1.165) is 51.4 Å². The molecule has 0 radical (unpaired) electrons. The van der Waals surface area contributed by atoms with Crippen LogP contribution in [-0.2, 0) is 14.3 Å². The number of allylic oxidation sites excluding steroid dienone is 1. The molecule has 0 aromatic carbocycles. The fourth-order valence-corrected chi connectivity index (χ4v) is 8.81. The Morgan fingerprint density at radius 2 is 1.91 bits per heavy atom. The van der Waals surface area contributed by atoms with Crippen LogP contribution in [0.1, 0.15) is 91.9 Å². The first-order valence-electron chi connectivity index (χ1n) is 13.4. The molecule has 1 unspecified atom stereocenters. The van der Waals surface area contributed by atoms with Gasteiger partial charge in [0.2, 0.25) is 0 Å². The molecule has 4 rings (SSSR count). The summed E-state index contributed by atoms with van der Waals surface area (Å²) in [6, 6.07) is 0. The molecule has 3 saturated carbocycles. The molecule has 4 aliphatic rings. The van der Waals surface area contributed by atoms with Crippen molar-refractivity contribution in [3.63, 3.8) is 0 Å². The molecule has 0 spiro atoms. The average molecular weight is 477 g/mol. The SMILES string of the molecule is CC(=O)OC1CC[C@@]2(C)C(=CC[C@H]3[C@@H]4CC[C@H]([C@@](C)(O)C(=O)[C@H](O)CCCO)[C@@]4(C)CC[C@@H]32)C1. The predicted molar refractivity (Wildman–Crippen MR) is 129 cm³/mol. The molecule has 0 amide bonds. The van der Waals surface area contributed by atoms with Crippen molar-refractivity contribution in [1.82, 2.24) is 0 Å². The fourth-order valence-electron chi connectivity index (χ4n) is 8.81. The van der Waals surface area contributed by atoms with Gasteiger partial charge >= 0.3 is 5.97 Å². The molecule has 0 saturated heterocycles. The number of rotatable bonds is 7. The number of ether oxygens (including phenoxy) is 1. The highest BCUT2D eigenvalue weighted by molar-refractivity contribution is 5.91. The molecule has 0 aliphatic heterocycles. The molecule has 0 bridgehead atoms. The van der Waals surface area contributed by atoms with Crippen LogP contribution in [0, 0.1) is 34.5 Å². The van der Waals surface area contributed by atoms with Crippen LogP contribution < -0.4 is 0 Å². The van der Waals surface area contributed by atoms with Crippen LogP contribution in [0.2, 0.25) is 0 Å². The third-order valence-electron chi connectivity index (χ3n) is 10.5. The smallest absolute Gasteiger partial charge is 0.302 e. The highest BCUT2D eigenvalue weighted by Crippen LogP contribution is 2.67. The quantitative estimate of drug-likeness (QED) is 0.380. The minimum Gasteiger partial charge on any atom is -0.462 e. The Morgan fingerprint density at radius 1 is 1.18 bits per heavy atom. The number of aliphatic hydroxyl groups is 3. The largest absolute Gasteiger partial charge is 0.462 e. The number of aliphatic hydroxyl groups excluding tert-OH is 2. The van der Waals surface area contributed by atoms with Crippen LogP contribution in [0.4, 0.5) is 0 Å². The number of Topliss-reactive ketones (excluding diaryl/α,β-unsaturated/α-hetero) is 1. The third-order valence-corrected chi connectivity index (χ3v) is 10.5. The Balaban J connectivity index is 1.53. The van der Waals surface area contributed by atoms with Crippen LogP contribution in [0.3, 0.4) is 0 Å². The van der Waals surface area contributed by atoms with Gasteiger partial charge in [-0.25, -0.2) is 0 Å². The molecule has 6 heteroatoms. The van der Waals surface area contributed by atoms with Crippen LogP contribution in [0.5, 0.6) is 0 Å². The number of fused-ring (bicyclic) bond motifs is 5. The number of hydrogen-bond acceptors (Lipinski definition) is 6. The van der Waals surface area contributed by atoms with Crippen molar-refractivity contribution in [2.45, 2.75) is 110 Å². The van der Waals surface area contributed by atoms with E-state index in [4.69, 9.17) is 9.84 Å². The lowest BCUT2D eigenvalue weighted by Crippen LogP contribution is -2.56. The zero-order valence-corrected chi connectivity index (χ0v) is 21.4. The summed E-state index contributed by atoms with van der Waals surface area (Å²) in [5, 5.41) is 30.9. The van der Waals surface area contributed by atoms with Crippen molar-refractivity contribution in [1.29, 1.82) is 0 Å². The van der Waals surface area contributed by atoms with Gasteiger partial charge in [0.25, 0.3) is 0 Å². The highest BCUT2D eigenvalue weighted by Gasteiger charge is 2.62. The number of ketones is 1. The van der Waals surface area contributed by atoms with E-state index >= 15 is 0 Å².